The summed E-state index contributed by atoms with van der Waals surface area (Å²) in [6, 6.07) is 10.4. The van der Waals surface area contributed by atoms with Gasteiger partial charge in [-0.25, -0.2) is 0 Å². The van der Waals surface area contributed by atoms with Gasteiger partial charge in [0.25, 0.3) is 0 Å². The minimum absolute atomic E-state index is 0.280. The SMILES string of the molecule is CCOc1ccc(NC(=O)C=Cc2cc(Cl)cc(Cl)c2OC)cc1. The van der Waals surface area contributed by atoms with Gasteiger partial charge in [-0.05, 0) is 49.4 Å². The molecule has 2 aromatic rings. The highest BCUT2D eigenvalue weighted by Gasteiger charge is 2.08. The molecule has 0 saturated carbocycles. The normalized spacial score (nSPS) is 10.7. The summed E-state index contributed by atoms with van der Waals surface area (Å²) in [4.78, 5) is 12.0. The molecule has 0 unspecified atom stereocenters. The van der Waals surface area contributed by atoms with E-state index in [0.29, 0.717) is 33.7 Å². The maximum atomic E-state index is 12.0. The van der Waals surface area contributed by atoms with Crippen LogP contribution >= 0.6 is 23.2 Å². The second-order valence-electron chi connectivity index (χ2n) is 4.79. The molecule has 0 spiro atoms. The molecule has 0 bridgehead atoms. The molecular formula is C18H17Cl2NO3. The number of anilines is 1. The zero-order chi connectivity index (χ0) is 17.5. The van der Waals surface area contributed by atoms with Gasteiger partial charge in [-0.2, -0.15) is 0 Å². The monoisotopic (exact) mass is 365 g/mol. The molecule has 1 amide bonds. The largest absolute Gasteiger partial charge is 0.495 e. The Morgan fingerprint density at radius 2 is 1.92 bits per heavy atom. The smallest absolute Gasteiger partial charge is 0.248 e. The van der Waals surface area contributed by atoms with Gasteiger partial charge in [0, 0.05) is 22.3 Å². The molecule has 4 nitrogen and oxygen atoms in total. The predicted octanol–water partition coefficient (Wildman–Crippen LogP) is 5.05. The molecule has 1 N–H and O–H groups in total. The molecule has 0 heterocycles. The van der Waals surface area contributed by atoms with E-state index in [-0.39, 0.29) is 5.91 Å². The molecule has 2 aromatic carbocycles. The third kappa shape index (κ3) is 4.91. The van der Waals surface area contributed by atoms with Crippen molar-refractivity contribution in [1.29, 1.82) is 0 Å². The summed E-state index contributed by atoms with van der Waals surface area (Å²) < 4.78 is 10.6. The van der Waals surface area contributed by atoms with Crippen LogP contribution in [0, 0.1) is 0 Å². The summed E-state index contributed by atoms with van der Waals surface area (Å²) in [5.74, 6) is 0.938. The molecule has 0 aromatic heterocycles. The lowest BCUT2D eigenvalue weighted by atomic mass is 10.2. The first-order valence-electron chi connectivity index (χ1n) is 7.28. The average molecular weight is 366 g/mol. The number of carbonyl (C=O) groups excluding carboxylic acids is 1. The van der Waals surface area contributed by atoms with Crippen molar-refractivity contribution < 1.29 is 14.3 Å². The average Bonchev–Trinajstić information content (AvgIpc) is 2.54. The predicted molar refractivity (Wildman–Crippen MR) is 98.3 cm³/mol. The van der Waals surface area contributed by atoms with E-state index in [1.54, 1.807) is 42.5 Å². The fourth-order valence-electron chi connectivity index (χ4n) is 2.07. The van der Waals surface area contributed by atoms with Crippen LogP contribution in [0.2, 0.25) is 10.0 Å². The van der Waals surface area contributed by atoms with E-state index in [2.05, 4.69) is 5.32 Å². The molecule has 24 heavy (non-hydrogen) atoms. The number of carbonyl (C=O) groups is 1. The number of rotatable bonds is 6. The third-order valence-corrected chi connectivity index (χ3v) is 3.59. The van der Waals surface area contributed by atoms with Crippen molar-refractivity contribution in [2.45, 2.75) is 6.92 Å². The lowest BCUT2D eigenvalue weighted by molar-refractivity contribution is -0.111. The first kappa shape index (κ1) is 18.2. The number of hydrogen-bond acceptors (Lipinski definition) is 3. The van der Waals surface area contributed by atoms with Crippen LogP contribution in [0.4, 0.5) is 5.69 Å². The highest BCUT2D eigenvalue weighted by atomic mass is 35.5. The number of amides is 1. The lowest BCUT2D eigenvalue weighted by Gasteiger charge is -2.08. The Morgan fingerprint density at radius 1 is 1.21 bits per heavy atom. The van der Waals surface area contributed by atoms with Gasteiger partial charge in [0.15, 0.2) is 0 Å². The van der Waals surface area contributed by atoms with Gasteiger partial charge in [-0.15, -0.1) is 0 Å². The molecule has 0 saturated heterocycles. The third-order valence-electron chi connectivity index (χ3n) is 3.09. The maximum Gasteiger partial charge on any atom is 0.248 e. The summed E-state index contributed by atoms with van der Waals surface area (Å²) >= 11 is 12.0. The number of benzene rings is 2. The van der Waals surface area contributed by atoms with Crippen LogP contribution in [0.25, 0.3) is 6.08 Å². The molecule has 0 aliphatic rings. The minimum Gasteiger partial charge on any atom is -0.495 e. The first-order valence-corrected chi connectivity index (χ1v) is 8.04. The first-order chi connectivity index (χ1) is 11.5. The van der Waals surface area contributed by atoms with Crippen molar-refractivity contribution in [3.63, 3.8) is 0 Å². The van der Waals surface area contributed by atoms with E-state index < -0.39 is 0 Å². The lowest BCUT2D eigenvalue weighted by Crippen LogP contribution is -2.07. The van der Waals surface area contributed by atoms with Gasteiger partial charge in [0.1, 0.15) is 11.5 Å². The summed E-state index contributed by atoms with van der Waals surface area (Å²) in [6.07, 6.45) is 2.99. The fraction of sp³-hybridized carbons (Fsp3) is 0.167. The standard InChI is InChI=1S/C18H17Cl2NO3/c1-3-24-15-7-5-14(6-8-15)21-17(22)9-4-12-10-13(19)11-16(20)18(12)23-2/h4-11H,3H2,1-2H3,(H,21,22). The van der Waals surface area contributed by atoms with Crippen LogP contribution in [0.1, 0.15) is 12.5 Å². The molecule has 0 aliphatic carbocycles. The maximum absolute atomic E-state index is 12.0. The van der Waals surface area contributed by atoms with Crippen LogP contribution in [0.15, 0.2) is 42.5 Å². The molecule has 0 atom stereocenters. The number of hydrogen-bond donors (Lipinski definition) is 1. The van der Waals surface area contributed by atoms with Crippen molar-refractivity contribution in [3.05, 3.63) is 58.1 Å². The number of methoxy groups -OCH3 is 1. The van der Waals surface area contributed by atoms with Gasteiger partial charge in [0.2, 0.25) is 5.91 Å². The molecule has 2 rings (SSSR count). The van der Waals surface area contributed by atoms with Crippen LogP contribution in [-0.4, -0.2) is 19.6 Å². The molecule has 6 heteroatoms. The Hall–Kier alpha value is -2.17. The summed E-state index contributed by atoms with van der Waals surface area (Å²) in [5, 5.41) is 3.61. The second-order valence-corrected chi connectivity index (χ2v) is 5.63. The van der Waals surface area contributed by atoms with Crippen LogP contribution in [-0.2, 0) is 4.79 Å². The molecule has 126 valence electrons. The quantitative estimate of drug-likeness (QED) is 0.728. The zero-order valence-corrected chi connectivity index (χ0v) is 14.8. The topological polar surface area (TPSA) is 47.6 Å². The molecule has 0 aliphatic heterocycles. The van der Waals surface area contributed by atoms with E-state index in [0.717, 1.165) is 5.75 Å². The van der Waals surface area contributed by atoms with E-state index in [4.69, 9.17) is 32.7 Å². The van der Waals surface area contributed by atoms with Crippen molar-refractivity contribution in [1.82, 2.24) is 0 Å². The van der Waals surface area contributed by atoms with Crippen LogP contribution < -0.4 is 14.8 Å². The Labute approximate surface area is 151 Å². The van der Waals surface area contributed by atoms with Crippen LogP contribution in [0.5, 0.6) is 11.5 Å². The fourth-order valence-corrected chi connectivity index (χ4v) is 2.66. The summed E-state index contributed by atoms with van der Waals surface area (Å²) in [6.45, 7) is 2.51. The minimum atomic E-state index is -0.280. The van der Waals surface area contributed by atoms with E-state index in [9.17, 15) is 4.79 Å². The Bertz CT molecular complexity index is 743. The second kappa shape index (κ2) is 8.62. The number of ether oxygens (including phenoxy) is 2. The van der Waals surface area contributed by atoms with Crippen molar-refractivity contribution in [2.24, 2.45) is 0 Å². The Balaban J connectivity index is 2.08. The van der Waals surface area contributed by atoms with Crippen molar-refractivity contribution in [2.75, 3.05) is 19.0 Å². The Morgan fingerprint density at radius 3 is 2.54 bits per heavy atom. The Kier molecular flexibility index (Phi) is 6.53. The van der Waals surface area contributed by atoms with Crippen molar-refractivity contribution >= 4 is 40.9 Å². The highest BCUT2D eigenvalue weighted by Crippen LogP contribution is 2.32. The highest BCUT2D eigenvalue weighted by molar-refractivity contribution is 6.36. The van der Waals surface area contributed by atoms with Gasteiger partial charge in [0.05, 0.1) is 18.7 Å². The summed E-state index contributed by atoms with van der Waals surface area (Å²) in [5.41, 5.74) is 1.29. The molecule has 0 fully saturated rings. The van der Waals surface area contributed by atoms with Gasteiger partial charge >= 0.3 is 0 Å². The van der Waals surface area contributed by atoms with Gasteiger partial charge < -0.3 is 14.8 Å². The molecular weight excluding hydrogens is 349 g/mol. The molecule has 0 radical (unpaired) electrons. The van der Waals surface area contributed by atoms with E-state index >= 15 is 0 Å². The summed E-state index contributed by atoms with van der Waals surface area (Å²) in [7, 11) is 1.51. The van der Waals surface area contributed by atoms with Gasteiger partial charge in [-0.3, -0.25) is 4.79 Å². The number of halogens is 2. The number of nitrogens with one attached hydrogen (secondary N) is 1. The van der Waals surface area contributed by atoms with E-state index in [1.165, 1.54) is 13.2 Å². The van der Waals surface area contributed by atoms with Crippen molar-refractivity contribution in [3.8, 4) is 11.5 Å². The zero-order valence-electron chi connectivity index (χ0n) is 13.3. The van der Waals surface area contributed by atoms with Gasteiger partial charge in [-0.1, -0.05) is 23.2 Å². The van der Waals surface area contributed by atoms with Crippen LogP contribution in [0.3, 0.4) is 0 Å². The van der Waals surface area contributed by atoms with E-state index in [1.807, 2.05) is 6.92 Å².